The number of carbonyl (C=O) groups excluding carboxylic acids is 1. The maximum atomic E-state index is 12.6. The molecule has 25 heavy (non-hydrogen) atoms. The molecule has 8 heteroatoms. The van der Waals surface area contributed by atoms with Crippen LogP contribution in [0.3, 0.4) is 0 Å². The van der Waals surface area contributed by atoms with Gasteiger partial charge in [0, 0.05) is 38.6 Å². The van der Waals surface area contributed by atoms with Crippen molar-refractivity contribution in [2.75, 3.05) is 26.7 Å². The van der Waals surface area contributed by atoms with Gasteiger partial charge in [-0.25, -0.2) is 4.98 Å². The number of nitrogens with zero attached hydrogens (tertiary/aromatic N) is 5. The van der Waals surface area contributed by atoms with Gasteiger partial charge >= 0.3 is 0 Å². The van der Waals surface area contributed by atoms with Crippen molar-refractivity contribution in [2.24, 2.45) is 10.9 Å². The van der Waals surface area contributed by atoms with Crippen molar-refractivity contribution in [3.63, 3.8) is 0 Å². The zero-order chi connectivity index (χ0) is 17.5. The lowest BCUT2D eigenvalue weighted by Gasteiger charge is -2.26. The minimum Gasteiger partial charge on any atom is -0.355 e. The number of amides is 1. The van der Waals surface area contributed by atoms with Crippen LogP contribution in [0.5, 0.6) is 0 Å². The quantitative estimate of drug-likeness (QED) is 0.602. The molecule has 3 rings (SSSR count). The third-order valence-electron chi connectivity index (χ3n) is 5.12. The summed E-state index contributed by atoms with van der Waals surface area (Å²) in [6, 6.07) is 0.269. The zero-order valence-corrected chi connectivity index (χ0v) is 15.0. The molecule has 0 bridgehead atoms. The number of guanidine groups is 1. The second-order valence-corrected chi connectivity index (χ2v) is 6.91. The number of aliphatic imine (C=N–C) groups is 1. The molecule has 2 heterocycles. The molecule has 0 spiro atoms. The summed E-state index contributed by atoms with van der Waals surface area (Å²) < 4.78 is 1.78. The van der Waals surface area contributed by atoms with Crippen molar-refractivity contribution < 1.29 is 4.79 Å². The number of carbonyl (C=O) groups is 1. The van der Waals surface area contributed by atoms with Gasteiger partial charge in [0.05, 0.1) is 6.54 Å². The van der Waals surface area contributed by atoms with Gasteiger partial charge in [0.2, 0.25) is 5.91 Å². The Hall–Kier alpha value is -2.12. The standard InChI is InChI=1S/C17H29N7O/c1-18-17(20-8-10-24-13-19-12-21-24)22-15-7-9-23(11-15)16(25)14-5-3-2-4-6-14/h12-15H,2-11H2,1H3,(H2,18,20,22). The Morgan fingerprint density at radius 3 is 2.84 bits per heavy atom. The maximum Gasteiger partial charge on any atom is 0.225 e. The van der Waals surface area contributed by atoms with Gasteiger partial charge in [-0.15, -0.1) is 0 Å². The molecule has 1 saturated carbocycles. The minimum atomic E-state index is 0.257. The van der Waals surface area contributed by atoms with Crippen molar-refractivity contribution >= 4 is 11.9 Å². The Morgan fingerprint density at radius 2 is 2.12 bits per heavy atom. The molecule has 1 saturated heterocycles. The first-order valence-electron chi connectivity index (χ1n) is 9.34. The van der Waals surface area contributed by atoms with Crippen LogP contribution in [0.25, 0.3) is 0 Å². The fraction of sp³-hybridized carbons (Fsp3) is 0.765. The van der Waals surface area contributed by atoms with Crippen molar-refractivity contribution in [1.82, 2.24) is 30.3 Å². The van der Waals surface area contributed by atoms with E-state index in [1.54, 1.807) is 18.1 Å². The van der Waals surface area contributed by atoms with Crippen molar-refractivity contribution in [3.05, 3.63) is 12.7 Å². The minimum absolute atomic E-state index is 0.257. The summed E-state index contributed by atoms with van der Waals surface area (Å²) in [6.07, 6.45) is 10.0. The lowest BCUT2D eigenvalue weighted by atomic mass is 9.88. The highest BCUT2D eigenvalue weighted by Gasteiger charge is 2.31. The number of hydrogen-bond acceptors (Lipinski definition) is 4. The molecule has 1 aromatic rings. The third kappa shape index (κ3) is 4.93. The molecule has 8 nitrogen and oxygen atoms in total. The van der Waals surface area contributed by atoms with Crippen LogP contribution in [0.4, 0.5) is 0 Å². The number of rotatable bonds is 5. The Labute approximate surface area is 149 Å². The second-order valence-electron chi connectivity index (χ2n) is 6.91. The van der Waals surface area contributed by atoms with E-state index in [1.807, 2.05) is 4.90 Å². The molecule has 1 atom stereocenters. The average Bonchev–Trinajstić information content (AvgIpc) is 3.33. The van der Waals surface area contributed by atoms with E-state index in [-0.39, 0.29) is 12.0 Å². The summed E-state index contributed by atoms with van der Waals surface area (Å²) in [4.78, 5) is 22.9. The smallest absolute Gasteiger partial charge is 0.225 e. The first-order chi connectivity index (χ1) is 12.3. The lowest BCUT2D eigenvalue weighted by molar-refractivity contribution is -0.135. The SMILES string of the molecule is CN=C(NCCn1cncn1)NC1CCN(C(=O)C2CCCCC2)C1. The molecular weight excluding hydrogens is 318 g/mol. The summed E-state index contributed by atoms with van der Waals surface area (Å²) in [7, 11) is 1.77. The predicted octanol–water partition coefficient (Wildman–Crippen LogP) is 0.624. The van der Waals surface area contributed by atoms with Crippen molar-refractivity contribution in [2.45, 2.75) is 51.1 Å². The highest BCUT2D eigenvalue weighted by atomic mass is 16.2. The molecule has 138 valence electrons. The van der Waals surface area contributed by atoms with Gasteiger partial charge in [-0.05, 0) is 19.3 Å². The van der Waals surface area contributed by atoms with E-state index < -0.39 is 0 Å². The van der Waals surface area contributed by atoms with Gasteiger partial charge in [0.25, 0.3) is 0 Å². The molecule has 1 aliphatic carbocycles. The van der Waals surface area contributed by atoms with E-state index >= 15 is 0 Å². The number of likely N-dealkylation sites (tertiary alicyclic amines) is 1. The van der Waals surface area contributed by atoms with E-state index in [4.69, 9.17) is 0 Å². The summed E-state index contributed by atoms with van der Waals surface area (Å²) in [5.74, 6) is 1.39. The normalized spacial score (nSPS) is 22.2. The largest absolute Gasteiger partial charge is 0.355 e. The predicted molar refractivity (Wildman–Crippen MR) is 96.1 cm³/mol. The van der Waals surface area contributed by atoms with E-state index in [1.165, 1.54) is 25.6 Å². The van der Waals surface area contributed by atoms with Gasteiger partial charge in [-0.2, -0.15) is 5.10 Å². The van der Waals surface area contributed by atoms with Crippen molar-refractivity contribution in [3.8, 4) is 0 Å². The molecule has 2 N–H and O–H groups in total. The Bertz CT molecular complexity index is 566. The van der Waals surface area contributed by atoms with E-state index in [0.717, 1.165) is 51.4 Å². The lowest BCUT2D eigenvalue weighted by Crippen LogP contribution is -2.46. The number of nitrogens with one attached hydrogen (secondary N) is 2. The number of hydrogen-bond donors (Lipinski definition) is 2. The molecule has 0 aromatic carbocycles. The molecule has 2 aliphatic rings. The van der Waals surface area contributed by atoms with Crippen LogP contribution in [0, 0.1) is 5.92 Å². The first kappa shape index (κ1) is 17.7. The Balaban J connectivity index is 1.40. The molecule has 1 unspecified atom stereocenters. The third-order valence-corrected chi connectivity index (χ3v) is 5.12. The molecule has 2 fully saturated rings. The van der Waals surface area contributed by atoms with E-state index in [2.05, 4.69) is 25.7 Å². The van der Waals surface area contributed by atoms with Gasteiger partial charge in [0.1, 0.15) is 12.7 Å². The molecular formula is C17H29N7O. The fourth-order valence-electron chi connectivity index (χ4n) is 3.71. The molecule has 1 aromatic heterocycles. The second kappa shape index (κ2) is 8.82. The average molecular weight is 347 g/mol. The summed E-state index contributed by atoms with van der Waals surface area (Å²) >= 11 is 0. The highest BCUT2D eigenvalue weighted by molar-refractivity contribution is 5.81. The molecule has 1 amide bonds. The summed E-state index contributed by atoms with van der Waals surface area (Å²) in [5.41, 5.74) is 0. The maximum absolute atomic E-state index is 12.6. The number of aromatic nitrogens is 3. The topological polar surface area (TPSA) is 87.4 Å². The summed E-state index contributed by atoms with van der Waals surface area (Å²) in [5, 5.41) is 10.8. The fourth-order valence-corrected chi connectivity index (χ4v) is 3.71. The zero-order valence-electron chi connectivity index (χ0n) is 15.0. The first-order valence-corrected chi connectivity index (χ1v) is 9.34. The van der Waals surface area contributed by atoms with Crippen LogP contribution >= 0.6 is 0 Å². The van der Waals surface area contributed by atoms with Gasteiger partial charge in [-0.3, -0.25) is 14.5 Å². The van der Waals surface area contributed by atoms with Crippen LogP contribution in [0.1, 0.15) is 38.5 Å². The monoisotopic (exact) mass is 347 g/mol. The van der Waals surface area contributed by atoms with Gasteiger partial charge in [-0.1, -0.05) is 19.3 Å². The van der Waals surface area contributed by atoms with Crippen LogP contribution in [0.2, 0.25) is 0 Å². The molecule has 0 radical (unpaired) electrons. The Kier molecular flexibility index (Phi) is 6.25. The van der Waals surface area contributed by atoms with Gasteiger partial charge in [0.15, 0.2) is 5.96 Å². The molecule has 1 aliphatic heterocycles. The van der Waals surface area contributed by atoms with E-state index in [9.17, 15) is 4.79 Å². The van der Waals surface area contributed by atoms with Crippen LogP contribution in [-0.2, 0) is 11.3 Å². The van der Waals surface area contributed by atoms with Crippen LogP contribution in [0.15, 0.2) is 17.6 Å². The van der Waals surface area contributed by atoms with Crippen molar-refractivity contribution in [1.29, 1.82) is 0 Å². The Morgan fingerprint density at radius 1 is 1.28 bits per heavy atom. The van der Waals surface area contributed by atoms with Crippen LogP contribution in [-0.4, -0.2) is 64.3 Å². The van der Waals surface area contributed by atoms with Gasteiger partial charge < -0.3 is 15.5 Å². The highest BCUT2D eigenvalue weighted by Crippen LogP contribution is 2.26. The summed E-state index contributed by atoms with van der Waals surface area (Å²) in [6.45, 7) is 3.08. The van der Waals surface area contributed by atoms with Crippen LogP contribution < -0.4 is 10.6 Å². The van der Waals surface area contributed by atoms with E-state index in [0.29, 0.717) is 5.91 Å².